The molecular weight excluding hydrogens is 262 g/mol. The Hall–Kier alpha value is -0.260. The maximum Gasteiger partial charge on any atom is 0.185 e. The Kier molecular flexibility index (Phi) is 7.04. The number of rotatable bonds is 8. The van der Waals surface area contributed by atoms with Gasteiger partial charge < -0.3 is 10.2 Å². The molecular formula is C13H25N3S2. The second-order valence-electron chi connectivity index (χ2n) is 4.54. The Labute approximate surface area is 119 Å². The molecule has 5 heteroatoms. The molecule has 0 spiro atoms. The summed E-state index contributed by atoms with van der Waals surface area (Å²) in [7, 11) is 2.13. The minimum atomic E-state index is 0.408. The van der Waals surface area contributed by atoms with Gasteiger partial charge in [0.2, 0.25) is 0 Å². The summed E-state index contributed by atoms with van der Waals surface area (Å²) < 4.78 is 0. The summed E-state index contributed by atoms with van der Waals surface area (Å²) in [5, 5.41) is 4.67. The molecule has 0 radical (unpaired) electrons. The highest BCUT2D eigenvalue weighted by molar-refractivity contribution is 7.98. The zero-order chi connectivity index (χ0) is 13.5. The van der Waals surface area contributed by atoms with Crippen molar-refractivity contribution in [1.82, 2.24) is 10.3 Å². The van der Waals surface area contributed by atoms with Crippen LogP contribution in [0.5, 0.6) is 0 Å². The Morgan fingerprint density at radius 2 is 2.22 bits per heavy atom. The summed E-state index contributed by atoms with van der Waals surface area (Å²) in [6.07, 6.45) is 3.31. The summed E-state index contributed by atoms with van der Waals surface area (Å²) in [5.41, 5.74) is 1.17. The number of hydrogen-bond acceptors (Lipinski definition) is 5. The van der Waals surface area contributed by atoms with Gasteiger partial charge in [-0.2, -0.15) is 11.8 Å². The largest absolute Gasteiger partial charge is 0.350 e. The molecule has 104 valence electrons. The number of nitrogens with one attached hydrogen (secondary N) is 1. The van der Waals surface area contributed by atoms with Gasteiger partial charge in [0.15, 0.2) is 5.13 Å². The smallest absolute Gasteiger partial charge is 0.185 e. The van der Waals surface area contributed by atoms with E-state index in [2.05, 4.69) is 49.3 Å². The van der Waals surface area contributed by atoms with E-state index >= 15 is 0 Å². The van der Waals surface area contributed by atoms with Gasteiger partial charge in [-0.05, 0) is 33.1 Å². The van der Waals surface area contributed by atoms with Gasteiger partial charge in [-0.1, -0.05) is 6.92 Å². The maximum atomic E-state index is 4.69. The number of nitrogens with zero attached hydrogens (tertiary/aromatic N) is 2. The first-order chi connectivity index (χ1) is 8.60. The number of aryl methyl sites for hydroxylation is 1. The fourth-order valence-electron chi connectivity index (χ4n) is 1.74. The van der Waals surface area contributed by atoms with Crippen molar-refractivity contribution in [3.63, 3.8) is 0 Å². The molecule has 1 aromatic heterocycles. The molecule has 0 aromatic carbocycles. The van der Waals surface area contributed by atoms with Crippen molar-refractivity contribution < 1.29 is 0 Å². The van der Waals surface area contributed by atoms with Crippen molar-refractivity contribution in [3.8, 4) is 0 Å². The molecule has 0 amide bonds. The van der Waals surface area contributed by atoms with Gasteiger partial charge in [-0.25, -0.2) is 4.98 Å². The summed E-state index contributed by atoms with van der Waals surface area (Å²) >= 11 is 3.70. The third kappa shape index (κ3) is 4.44. The van der Waals surface area contributed by atoms with Crippen LogP contribution in [0.2, 0.25) is 0 Å². The first-order valence-electron chi connectivity index (χ1n) is 6.50. The van der Waals surface area contributed by atoms with Gasteiger partial charge in [0.25, 0.3) is 0 Å². The molecule has 1 rings (SSSR count). The van der Waals surface area contributed by atoms with Gasteiger partial charge in [-0.3, -0.25) is 0 Å². The average molecular weight is 287 g/mol. The quantitative estimate of drug-likeness (QED) is 0.794. The van der Waals surface area contributed by atoms with Crippen LogP contribution in [0.3, 0.4) is 0 Å². The van der Waals surface area contributed by atoms with E-state index in [1.807, 2.05) is 23.1 Å². The van der Waals surface area contributed by atoms with Crippen LogP contribution in [0.4, 0.5) is 5.13 Å². The van der Waals surface area contributed by atoms with Crippen molar-refractivity contribution in [2.45, 2.75) is 33.2 Å². The molecule has 0 aliphatic carbocycles. The van der Waals surface area contributed by atoms with Gasteiger partial charge in [0.1, 0.15) is 0 Å². The van der Waals surface area contributed by atoms with Crippen LogP contribution < -0.4 is 10.2 Å². The molecule has 1 heterocycles. The van der Waals surface area contributed by atoms with E-state index in [1.54, 1.807) is 0 Å². The molecule has 3 nitrogen and oxygen atoms in total. The molecule has 0 saturated carbocycles. The van der Waals surface area contributed by atoms with Gasteiger partial charge >= 0.3 is 0 Å². The first kappa shape index (κ1) is 15.8. The third-order valence-corrected chi connectivity index (χ3v) is 4.92. The fraction of sp³-hybridized carbons (Fsp3) is 0.769. The van der Waals surface area contributed by atoms with E-state index in [4.69, 9.17) is 0 Å². The highest BCUT2D eigenvalue weighted by atomic mass is 32.2. The normalized spacial score (nSPS) is 12.7. The zero-order valence-electron chi connectivity index (χ0n) is 12.1. The lowest BCUT2D eigenvalue weighted by Crippen LogP contribution is -2.19. The molecule has 0 aliphatic rings. The summed E-state index contributed by atoms with van der Waals surface area (Å²) in [4.78, 5) is 8.31. The van der Waals surface area contributed by atoms with Crippen molar-refractivity contribution in [3.05, 3.63) is 10.6 Å². The molecule has 1 aromatic rings. The van der Waals surface area contributed by atoms with Crippen LogP contribution in [-0.4, -0.2) is 37.1 Å². The Morgan fingerprint density at radius 3 is 2.83 bits per heavy atom. The summed E-state index contributed by atoms with van der Waals surface area (Å²) in [6.45, 7) is 8.66. The monoisotopic (exact) mass is 287 g/mol. The van der Waals surface area contributed by atoms with E-state index in [0.29, 0.717) is 6.04 Å². The predicted molar refractivity (Wildman–Crippen MR) is 85.2 cm³/mol. The molecule has 1 N–H and O–H groups in total. The predicted octanol–water partition coefficient (Wildman–Crippen LogP) is 3.31. The lowest BCUT2D eigenvalue weighted by Gasteiger charge is -2.14. The van der Waals surface area contributed by atoms with Crippen molar-refractivity contribution >= 4 is 28.2 Å². The molecule has 0 saturated heterocycles. The minimum Gasteiger partial charge on any atom is -0.350 e. The molecule has 0 aliphatic heterocycles. The molecule has 0 bridgehead atoms. The number of anilines is 1. The zero-order valence-corrected chi connectivity index (χ0v) is 13.7. The Bertz CT molecular complexity index is 352. The Balaban J connectivity index is 2.68. The van der Waals surface area contributed by atoms with E-state index in [-0.39, 0.29) is 0 Å². The number of thioether (sulfide) groups is 1. The van der Waals surface area contributed by atoms with Gasteiger partial charge in [-0.15, -0.1) is 11.3 Å². The lowest BCUT2D eigenvalue weighted by atomic mass is 10.2. The van der Waals surface area contributed by atoms with Crippen molar-refractivity contribution in [2.24, 2.45) is 0 Å². The van der Waals surface area contributed by atoms with Gasteiger partial charge in [0, 0.05) is 30.3 Å². The SMILES string of the molecule is CCCNC(C)c1sc(N(C)CCSC)nc1C. The Morgan fingerprint density at radius 1 is 1.50 bits per heavy atom. The van der Waals surface area contributed by atoms with E-state index < -0.39 is 0 Å². The van der Waals surface area contributed by atoms with E-state index in [0.717, 1.165) is 24.0 Å². The first-order valence-corrected chi connectivity index (χ1v) is 8.72. The standard InChI is InChI=1S/C13H25N3S2/c1-6-7-14-10(2)12-11(3)15-13(18-12)16(4)8-9-17-5/h10,14H,6-9H2,1-5H3. The molecule has 1 atom stereocenters. The van der Waals surface area contributed by atoms with E-state index in [9.17, 15) is 0 Å². The third-order valence-electron chi connectivity index (χ3n) is 2.87. The molecule has 18 heavy (non-hydrogen) atoms. The van der Waals surface area contributed by atoms with Crippen LogP contribution in [0, 0.1) is 6.92 Å². The van der Waals surface area contributed by atoms with Crippen LogP contribution in [0.15, 0.2) is 0 Å². The lowest BCUT2D eigenvalue weighted by molar-refractivity contribution is 0.575. The highest BCUT2D eigenvalue weighted by Crippen LogP contribution is 2.30. The summed E-state index contributed by atoms with van der Waals surface area (Å²) in [5.74, 6) is 1.15. The topological polar surface area (TPSA) is 28.2 Å². The minimum absolute atomic E-state index is 0.408. The highest BCUT2D eigenvalue weighted by Gasteiger charge is 2.15. The van der Waals surface area contributed by atoms with Crippen molar-refractivity contribution in [2.75, 3.05) is 37.0 Å². The summed E-state index contributed by atoms with van der Waals surface area (Å²) in [6, 6.07) is 0.408. The maximum absolute atomic E-state index is 4.69. The number of aromatic nitrogens is 1. The number of hydrogen-bond donors (Lipinski definition) is 1. The van der Waals surface area contributed by atoms with Gasteiger partial charge in [0.05, 0.1) is 5.69 Å². The molecule has 0 fully saturated rings. The number of thiazole rings is 1. The van der Waals surface area contributed by atoms with Crippen LogP contribution >= 0.6 is 23.1 Å². The second kappa shape index (κ2) is 8.02. The average Bonchev–Trinajstić information content (AvgIpc) is 2.75. The van der Waals surface area contributed by atoms with Crippen LogP contribution in [0.1, 0.15) is 36.9 Å². The van der Waals surface area contributed by atoms with Crippen molar-refractivity contribution in [1.29, 1.82) is 0 Å². The van der Waals surface area contributed by atoms with E-state index in [1.165, 1.54) is 17.0 Å². The molecule has 1 unspecified atom stereocenters. The van der Waals surface area contributed by atoms with Crippen LogP contribution in [0.25, 0.3) is 0 Å². The fourth-order valence-corrected chi connectivity index (χ4v) is 3.27. The second-order valence-corrected chi connectivity index (χ2v) is 6.53. The van der Waals surface area contributed by atoms with Crippen LogP contribution in [-0.2, 0) is 0 Å².